The van der Waals surface area contributed by atoms with E-state index in [1.807, 2.05) is 16.8 Å². The van der Waals surface area contributed by atoms with Crippen LogP contribution in [0, 0.1) is 0 Å². The standard InChI is InChI=1S/C20H24Cl2N6O2/c1-13(29)26-18-9-19(25-12-24-18)27(2)17-4-3-5-28(11-17)20(30)10-23-16-7-14(21)6-15(22)8-16/h6-9,12,17,23H,3-5,10-11H2,1-2H3,(H,24,25,26,29). The van der Waals surface area contributed by atoms with Crippen molar-refractivity contribution in [2.45, 2.75) is 25.8 Å². The molecule has 30 heavy (non-hydrogen) atoms. The lowest BCUT2D eigenvalue weighted by atomic mass is 10.0. The molecule has 160 valence electrons. The van der Waals surface area contributed by atoms with Gasteiger partial charge in [-0.25, -0.2) is 9.97 Å². The highest BCUT2D eigenvalue weighted by Crippen LogP contribution is 2.23. The Bertz CT molecular complexity index is 906. The number of benzene rings is 1. The zero-order valence-corrected chi connectivity index (χ0v) is 18.4. The zero-order chi connectivity index (χ0) is 21.7. The first-order valence-corrected chi connectivity index (χ1v) is 10.4. The van der Waals surface area contributed by atoms with Crippen LogP contribution in [0.15, 0.2) is 30.6 Å². The molecule has 1 fully saturated rings. The molecule has 1 saturated heterocycles. The van der Waals surface area contributed by atoms with Gasteiger partial charge < -0.3 is 20.4 Å². The molecule has 0 bridgehead atoms. The van der Waals surface area contributed by atoms with E-state index in [1.54, 1.807) is 24.3 Å². The number of hydrogen-bond acceptors (Lipinski definition) is 6. The van der Waals surface area contributed by atoms with E-state index in [2.05, 4.69) is 20.6 Å². The van der Waals surface area contributed by atoms with E-state index in [-0.39, 0.29) is 24.4 Å². The molecular weight excluding hydrogens is 427 g/mol. The number of halogens is 2. The molecule has 2 N–H and O–H groups in total. The van der Waals surface area contributed by atoms with Gasteiger partial charge in [-0.1, -0.05) is 23.2 Å². The minimum absolute atomic E-state index is 0.00539. The predicted molar refractivity (Wildman–Crippen MR) is 119 cm³/mol. The first-order chi connectivity index (χ1) is 14.3. The Morgan fingerprint density at radius 1 is 1.20 bits per heavy atom. The smallest absolute Gasteiger partial charge is 0.241 e. The molecule has 1 atom stereocenters. The van der Waals surface area contributed by atoms with Crippen molar-refractivity contribution in [3.05, 3.63) is 40.6 Å². The highest BCUT2D eigenvalue weighted by molar-refractivity contribution is 6.35. The maximum atomic E-state index is 12.7. The van der Waals surface area contributed by atoms with Crippen LogP contribution < -0.4 is 15.5 Å². The molecule has 1 aliphatic rings. The maximum Gasteiger partial charge on any atom is 0.241 e. The van der Waals surface area contributed by atoms with Crippen molar-refractivity contribution in [1.29, 1.82) is 0 Å². The second-order valence-corrected chi connectivity index (χ2v) is 8.07. The summed E-state index contributed by atoms with van der Waals surface area (Å²) in [6, 6.07) is 6.95. The molecule has 2 aromatic rings. The molecule has 1 aromatic heterocycles. The fourth-order valence-electron chi connectivity index (χ4n) is 3.42. The summed E-state index contributed by atoms with van der Waals surface area (Å²) in [7, 11) is 1.94. The number of amides is 2. The number of piperidine rings is 1. The van der Waals surface area contributed by atoms with E-state index in [1.165, 1.54) is 13.3 Å². The van der Waals surface area contributed by atoms with Crippen molar-refractivity contribution in [2.24, 2.45) is 0 Å². The number of aromatic nitrogens is 2. The van der Waals surface area contributed by atoms with Crippen LogP contribution in [0.25, 0.3) is 0 Å². The fourth-order valence-corrected chi connectivity index (χ4v) is 3.94. The Hall–Kier alpha value is -2.58. The number of nitrogens with one attached hydrogen (secondary N) is 2. The number of likely N-dealkylation sites (N-methyl/N-ethyl adjacent to an activating group) is 1. The summed E-state index contributed by atoms with van der Waals surface area (Å²) in [4.78, 5) is 36.2. The highest BCUT2D eigenvalue weighted by atomic mass is 35.5. The summed E-state index contributed by atoms with van der Waals surface area (Å²) >= 11 is 12.0. The van der Waals surface area contributed by atoms with E-state index < -0.39 is 0 Å². The topological polar surface area (TPSA) is 90.5 Å². The summed E-state index contributed by atoms with van der Waals surface area (Å²) in [5.41, 5.74) is 0.706. The third-order valence-electron chi connectivity index (χ3n) is 4.92. The summed E-state index contributed by atoms with van der Waals surface area (Å²) in [6.45, 7) is 2.89. The van der Waals surface area contributed by atoms with Crippen LogP contribution in [0.4, 0.5) is 17.3 Å². The molecule has 3 rings (SSSR count). The lowest BCUT2D eigenvalue weighted by molar-refractivity contribution is -0.130. The van der Waals surface area contributed by atoms with Crippen molar-refractivity contribution < 1.29 is 9.59 Å². The van der Waals surface area contributed by atoms with Crippen molar-refractivity contribution in [3.8, 4) is 0 Å². The molecule has 0 spiro atoms. The molecule has 0 radical (unpaired) electrons. The minimum Gasteiger partial charge on any atom is -0.376 e. The van der Waals surface area contributed by atoms with Gasteiger partial charge in [0.25, 0.3) is 0 Å². The van der Waals surface area contributed by atoms with Gasteiger partial charge in [-0.3, -0.25) is 9.59 Å². The quantitative estimate of drug-likeness (QED) is 0.701. The summed E-state index contributed by atoms with van der Waals surface area (Å²) in [5, 5.41) is 6.78. The zero-order valence-electron chi connectivity index (χ0n) is 16.9. The van der Waals surface area contributed by atoms with Crippen LogP contribution in [-0.2, 0) is 9.59 Å². The highest BCUT2D eigenvalue weighted by Gasteiger charge is 2.27. The largest absolute Gasteiger partial charge is 0.376 e. The Morgan fingerprint density at radius 2 is 1.93 bits per heavy atom. The van der Waals surface area contributed by atoms with Crippen LogP contribution in [0.5, 0.6) is 0 Å². The van der Waals surface area contributed by atoms with E-state index in [0.29, 0.717) is 40.5 Å². The minimum atomic E-state index is -0.190. The van der Waals surface area contributed by atoms with Gasteiger partial charge in [-0.2, -0.15) is 0 Å². The van der Waals surface area contributed by atoms with Crippen molar-refractivity contribution in [1.82, 2.24) is 14.9 Å². The number of anilines is 3. The summed E-state index contributed by atoms with van der Waals surface area (Å²) < 4.78 is 0. The number of nitrogens with zero attached hydrogens (tertiary/aromatic N) is 4. The lowest BCUT2D eigenvalue weighted by Gasteiger charge is -2.38. The summed E-state index contributed by atoms with van der Waals surface area (Å²) in [5.74, 6) is 0.961. The van der Waals surface area contributed by atoms with Gasteiger partial charge in [-0.05, 0) is 31.0 Å². The van der Waals surface area contributed by atoms with Crippen molar-refractivity contribution in [2.75, 3.05) is 42.2 Å². The van der Waals surface area contributed by atoms with Crippen LogP contribution in [0.2, 0.25) is 10.0 Å². The summed E-state index contributed by atoms with van der Waals surface area (Å²) in [6.07, 6.45) is 3.26. The molecule has 2 heterocycles. The van der Waals surface area contributed by atoms with Crippen LogP contribution in [0.3, 0.4) is 0 Å². The second kappa shape index (κ2) is 9.95. The molecule has 1 aromatic carbocycles. The van der Waals surface area contributed by atoms with E-state index in [4.69, 9.17) is 23.2 Å². The van der Waals surface area contributed by atoms with Crippen molar-refractivity contribution in [3.63, 3.8) is 0 Å². The van der Waals surface area contributed by atoms with Crippen molar-refractivity contribution >= 4 is 52.3 Å². The Morgan fingerprint density at radius 3 is 2.63 bits per heavy atom. The van der Waals surface area contributed by atoms with Gasteiger partial charge in [0.1, 0.15) is 18.0 Å². The third kappa shape index (κ3) is 5.96. The van der Waals surface area contributed by atoms with E-state index in [0.717, 1.165) is 12.8 Å². The normalized spacial score (nSPS) is 16.1. The molecule has 1 unspecified atom stereocenters. The Balaban J connectivity index is 1.60. The molecule has 2 amide bonds. The number of rotatable bonds is 6. The van der Waals surface area contributed by atoms with Crippen LogP contribution >= 0.6 is 23.2 Å². The monoisotopic (exact) mass is 450 g/mol. The molecular formula is C20H24Cl2N6O2. The van der Waals surface area contributed by atoms with Gasteiger partial charge >= 0.3 is 0 Å². The molecule has 10 heteroatoms. The van der Waals surface area contributed by atoms with Gasteiger partial charge in [-0.15, -0.1) is 0 Å². The number of carbonyl (C=O) groups excluding carboxylic acids is 2. The molecule has 0 aliphatic carbocycles. The number of carbonyl (C=O) groups is 2. The van der Waals surface area contributed by atoms with Gasteiger partial charge in [0.15, 0.2) is 0 Å². The molecule has 1 aliphatic heterocycles. The lowest BCUT2D eigenvalue weighted by Crippen LogP contribution is -2.50. The van der Waals surface area contributed by atoms with E-state index >= 15 is 0 Å². The maximum absolute atomic E-state index is 12.7. The Labute approximate surface area is 185 Å². The van der Waals surface area contributed by atoms with Crippen LogP contribution in [0.1, 0.15) is 19.8 Å². The SMILES string of the molecule is CC(=O)Nc1cc(N(C)C2CCCN(C(=O)CNc3cc(Cl)cc(Cl)c3)C2)ncn1. The first kappa shape index (κ1) is 22.1. The number of hydrogen-bond donors (Lipinski definition) is 2. The molecule has 8 nitrogen and oxygen atoms in total. The van der Waals surface area contributed by atoms with Gasteiger partial charge in [0.2, 0.25) is 11.8 Å². The van der Waals surface area contributed by atoms with Crippen LogP contribution in [-0.4, -0.2) is 59.4 Å². The Kier molecular flexibility index (Phi) is 7.33. The average Bonchev–Trinajstić information content (AvgIpc) is 2.70. The van der Waals surface area contributed by atoms with E-state index in [9.17, 15) is 9.59 Å². The average molecular weight is 451 g/mol. The fraction of sp³-hybridized carbons (Fsp3) is 0.400. The van der Waals surface area contributed by atoms with Gasteiger partial charge in [0, 0.05) is 54.9 Å². The first-order valence-electron chi connectivity index (χ1n) is 9.62. The third-order valence-corrected chi connectivity index (χ3v) is 5.36. The van der Waals surface area contributed by atoms with Gasteiger partial charge in [0.05, 0.1) is 6.54 Å². The predicted octanol–water partition coefficient (Wildman–Crippen LogP) is 3.28. The molecule has 0 saturated carbocycles. The number of likely N-dealkylation sites (tertiary alicyclic amines) is 1. The second-order valence-electron chi connectivity index (χ2n) is 7.20.